The van der Waals surface area contributed by atoms with Crippen molar-refractivity contribution in [1.82, 2.24) is 15.1 Å². The lowest BCUT2D eigenvalue weighted by Crippen LogP contribution is -2.65. The Morgan fingerprint density at radius 3 is 2.54 bits per heavy atom. The van der Waals surface area contributed by atoms with Crippen molar-refractivity contribution in [2.24, 2.45) is 5.41 Å². The molecule has 1 aromatic rings. The maximum atomic E-state index is 12.5. The molecule has 0 aromatic heterocycles. The highest BCUT2D eigenvalue weighted by Gasteiger charge is 2.53. The summed E-state index contributed by atoms with van der Waals surface area (Å²) in [6, 6.07) is 11.1. The van der Waals surface area contributed by atoms with Gasteiger partial charge in [-0.1, -0.05) is 30.3 Å². The number of carbonyl (C=O) groups excluding carboxylic acids is 1. The Balaban J connectivity index is 1.06. The van der Waals surface area contributed by atoms with Crippen LogP contribution in [-0.2, 0) is 16.0 Å². The van der Waals surface area contributed by atoms with Crippen LogP contribution in [0.1, 0.15) is 18.4 Å². The van der Waals surface area contributed by atoms with Gasteiger partial charge in [-0.15, -0.1) is 0 Å². The zero-order valence-electron chi connectivity index (χ0n) is 15.1. The fourth-order valence-electron chi connectivity index (χ4n) is 5.07. The summed E-state index contributed by atoms with van der Waals surface area (Å²) in [4.78, 5) is 16.8. The molecular formula is C20H27N3O3. The van der Waals surface area contributed by atoms with Crippen molar-refractivity contribution >= 4 is 6.09 Å². The first kappa shape index (κ1) is 16.5. The maximum Gasteiger partial charge on any atom is 0.410 e. The fourth-order valence-corrected chi connectivity index (χ4v) is 5.07. The van der Waals surface area contributed by atoms with Crippen LogP contribution in [0.2, 0.25) is 0 Å². The van der Waals surface area contributed by atoms with Crippen molar-refractivity contribution in [1.29, 1.82) is 0 Å². The van der Waals surface area contributed by atoms with Gasteiger partial charge < -0.3 is 19.7 Å². The first-order chi connectivity index (χ1) is 12.7. The number of nitrogens with one attached hydrogen (secondary N) is 1. The van der Waals surface area contributed by atoms with E-state index in [1.54, 1.807) is 0 Å². The number of benzene rings is 1. The standard InChI is InChI=1S/C20H27N3O3/c24-19(23-9-16-11-25-12-17(10-23)21-16)26-18-6-20(7-18)13-22(14-20)8-15-4-2-1-3-5-15/h1-5,16-18,21H,6-14H2. The molecule has 6 nitrogen and oxygen atoms in total. The summed E-state index contributed by atoms with van der Waals surface area (Å²) in [6.07, 6.45) is 2.01. The van der Waals surface area contributed by atoms with Gasteiger partial charge in [-0.2, -0.15) is 0 Å². The number of fused-ring (bicyclic) bond motifs is 2. The number of amides is 1. The molecule has 4 aliphatic rings. The van der Waals surface area contributed by atoms with E-state index in [1.165, 1.54) is 5.56 Å². The molecule has 3 saturated heterocycles. The van der Waals surface area contributed by atoms with Crippen molar-refractivity contribution in [2.45, 2.75) is 37.6 Å². The Labute approximate surface area is 154 Å². The molecule has 1 N–H and O–H groups in total. The second-order valence-corrected chi connectivity index (χ2v) is 8.55. The minimum atomic E-state index is -0.135. The second-order valence-electron chi connectivity index (χ2n) is 8.55. The SMILES string of the molecule is O=C(OC1CC2(C1)CN(Cc1ccccc1)C2)N1CC2COCC(C1)N2. The smallest absolute Gasteiger partial charge is 0.410 e. The molecule has 1 saturated carbocycles. The molecule has 1 spiro atoms. The summed E-state index contributed by atoms with van der Waals surface area (Å²) in [6.45, 7) is 6.04. The van der Waals surface area contributed by atoms with Crippen molar-refractivity contribution < 1.29 is 14.3 Å². The van der Waals surface area contributed by atoms with Crippen LogP contribution in [0.15, 0.2) is 30.3 Å². The van der Waals surface area contributed by atoms with Crippen LogP contribution >= 0.6 is 0 Å². The lowest BCUT2D eigenvalue weighted by atomic mass is 9.61. The van der Waals surface area contributed by atoms with Gasteiger partial charge in [0.25, 0.3) is 0 Å². The van der Waals surface area contributed by atoms with Crippen LogP contribution in [0, 0.1) is 5.41 Å². The molecule has 2 atom stereocenters. The zero-order chi connectivity index (χ0) is 17.6. The molecule has 3 aliphatic heterocycles. The molecule has 140 valence electrons. The summed E-state index contributed by atoms with van der Waals surface area (Å²) >= 11 is 0. The number of hydrogen-bond acceptors (Lipinski definition) is 5. The summed E-state index contributed by atoms with van der Waals surface area (Å²) in [5.41, 5.74) is 1.77. The summed E-state index contributed by atoms with van der Waals surface area (Å²) < 4.78 is 11.3. The van der Waals surface area contributed by atoms with Gasteiger partial charge in [0.1, 0.15) is 6.10 Å². The van der Waals surface area contributed by atoms with E-state index >= 15 is 0 Å². The third-order valence-corrected chi connectivity index (χ3v) is 6.21. The zero-order valence-corrected chi connectivity index (χ0v) is 15.1. The molecule has 4 fully saturated rings. The van der Waals surface area contributed by atoms with Crippen molar-refractivity contribution in [3.63, 3.8) is 0 Å². The Kier molecular flexibility index (Phi) is 4.14. The van der Waals surface area contributed by atoms with Gasteiger partial charge in [0, 0.05) is 50.2 Å². The third-order valence-electron chi connectivity index (χ3n) is 6.21. The van der Waals surface area contributed by atoms with E-state index in [1.807, 2.05) is 4.90 Å². The minimum absolute atomic E-state index is 0.104. The van der Waals surface area contributed by atoms with Crippen molar-refractivity contribution in [3.05, 3.63) is 35.9 Å². The molecule has 2 bridgehead atoms. The highest BCUT2D eigenvalue weighted by molar-refractivity contribution is 5.68. The minimum Gasteiger partial charge on any atom is -0.446 e. The van der Waals surface area contributed by atoms with E-state index in [9.17, 15) is 4.79 Å². The number of ether oxygens (including phenoxy) is 2. The van der Waals surface area contributed by atoms with E-state index in [-0.39, 0.29) is 24.3 Å². The highest BCUT2D eigenvalue weighted by atomic mass is 16.6. The molecule has 26 heavy (non-hydrogen) atoms. The molecular weight excluding hydrogens is 330 g/mol. The number of carbonyl (C=O) groups is 1. The maximum absolute atomic E-state index is 12.5. The molecule has 0 radical (unpaired) electrons. The molecule has 2 unspecified atom stereocenters. The van der Waals surface area contributed by atoms with Crippen LogP contribution < -0.4 is 5.32 Å². The molecule has 6 heteroatoms. The first-order valence-electron chi connectivity index (χ1n) is 9.73. The average Bonchev–Trinajstić information content (AvgIpc) is 2.58. The second kappa shape index (κ2) is 6.51. The Hall–Kier alpha value is -1.63. The van der Waals surface area contributed by atoms with Gasteiger partial charge in [-0.25, -0.2) is 4.79 Å². The van der Waals surface area contributed by atoms with Gasteiger partial charge in [0.2, 0.25) is 0 Å². The Morgan fingerprint density at radius 2 is 1.85 bits per heavy atom. The molecule has 1 aliphatic carbocycles. The number of morpholine rings is 1. The summed E-state index contributed by atoms with van der Waals surface area (Å²) in [7, 11) is 0. The molecule has 1 aromatic carbocycles. The summed E-state index contributed by atoms with van der Waals surface area (Å²) in [5, 5.41) is 3.50. The number of rotatable bonds is 3. The lowest BCUT2D eigenvalue weighted by molar-refractivity contribution is -0.137. The number of piperazine rings is 1. The normalized spacial score (nSPS) is 30.5. The van der Waals surface area contributed by atoms with Gasteiger partial charge in [0.05, 0.1) is 13.2 Å². The molecule has 5 rings (SSSR count). The summed E-state index contributed by atoms with van der Waals surface area (Å²) in [5.74, 6) is 0. The van der Waals surface area contributed by atoms with Gasteiger partial charge in [-0.3, -0.25) is 4.90 Å². The van der Waals surface area contributed by atoms with E-state index in [2.05, 4.69) is 40.5 Å². The van der Waals surface area contributed by atoms with Crippen molar-refractivity contribution in [3.8, 4) is 0 Å². The van der Waals surface area contributed by atoms with Crippen molar-refractivity contribution in [2.75, 3.05) is 39.4 Å². The Morgan fingerprint density at radius 1 is 1.15 bits per heavy atom. The van der Waals surface area contributed by atoms with Crippen LogP contribution in [0.4, 0.5) is 4.79 Å². The predicted octanol–water partition coefficient (Wildman–Crippen LogP) is 1.46. The number of nitrogens with zero attached hydrogens (tertiary/aromatic N) is 2. The van der Waals surface area contributed by atoms with Crippen LogP contribution in [0.25, 0.3) is 0 Å². The fraction of sp³-hybridized carbons (Fsp3) is 0.650. The van der Waals surface area contributed by atoms with E-state index in [0.29, 0.717) is 31.7 Å². The molecule has 1 amide bonds. The number of hydrogen-bond donors (Lipinski definition) is 1. The van der Waals surface area contributed by atoms with Gasteiger partial charge >= 0.3 is 6.09 Å². The average molecular weight is 357 g/mol. The monoisotopic (exact) mass is 357 g/mol. The number of likely N-dealkylation sites (tertiary alicyclic amines) is 1. The third kappa shape index (κ3) is 3.21. The highest BCUT2D eigenvalue weighted by Crippen LogP contribution is 2.50. The quantitative estimate of drug-likeness (QED) is 0.888. The van der Waals surface area contributed by atoms with Crippen LogP contribution in [0.5, 0.6) is 0 Å². The molecule has 3 heterocycles. The van der Waals surface area contributed by atoms with Crippen LogP contribution in [-0.4, -0.2) is 73.5 Å². The van der Waals surface area contributed by atoms with Gasteiger partial charge in [0.15, 0.2) is 0 Å². The lowest BCUT2D eigenvalue weighted by Gasteiger charge is -2.58. The van der Waals surface area contributed by atoms with Gasteiger partial charge in [-0.05, 0) is 18.4 Å². The van der Waals surface area contributed by atoms with Crippen LogP contribution in [0.3, 0.4) is 0 Å². The largest absolute Gasteiger partial charge is 0.446 e. The van der Waals surface area contributed by atoms with E-state index < -0.39 is 0 Å². The first-order valence-corrected chi connectivity index (χ1v) is 9.73. The van der Waals surface area contributed by atoms with E-state index in [0.717, 1.165) is 32.5 Å². The topological polar surface area (TPSA) is 54.0 Å². The Bertz CT molecular complexity index is 642. The predicted molar refractivity (Wildman–Crippen MR) is 96.8 cm³/mol. The van der Waals surface area contributed by atoms with E-state index in [4.69, 9.17) is 9.47 Å².